The Bertz CT molecular complexity index is 94.9. The molecule has 60 valence electrons. The van der Waals surface area contributed by atoms with E-state index in [-0.39, 0.29) is 6.61 Å². The van der Waals surface area contributed by atoms with Crippen molar-refractivity contribution < 1.29 is 5.11 Å². The van der Waals surface area contributed by atoms with Crippen LogP contribution < -0.4 is 0 Å². The van der Waals surface area contributed by atoms with Crippen molar-refractivity contribution in [3.8, 4) is 0 Å². The zero-order chi connectivity index (χ0) is 7.98. The molecule has 0 heterocycles. The molecule has 10 heavy (non-hydrogen) atoms. The van der Waals surface area contributed by atoms with Crippen molar-refractivity contribution in [3.05, 3.63) is 12.2 Å². The fraction of sp³-hybridized carbons (Fsp3) is 0.778. The van der Waals surface area contributed by atoms with Gasteiger partial charge in [0.05, 0.1) is 6.61 Å². The van der Waals surface area contributed by atoms with Crippen molar-refractivity contribution in [2.75, 3.05) is 6.61 Å². The van der Waals surface area contributed by atoms with Gasteiger partial charge in [-0.3, -0.25) is 0 Å². The Balaban J connectivity index is 3.12. The Morgan fingerprint density at radius 1 is 1.50 bits per heavy atom. The summed E-state index contributed by atoms with van der Waals surface area (Å²) in [7, 11) is 0. The van der Waals surface area contributed by atoms with Crippen LogP contribution in [-0.2, 0) is 0 Å². The molecule has 0 unspecified atom stereocenters. The van der Waals surface area contributed by atoms with Gasteiger partial charge in [0.2, 0.25) is 0 Å². The molecule has 0 amide bonds. The monoisotopic (exact) mass is 142 g/mol. The van der Waals surface area contributed by atoms with Gasteiger partial charge in [0.15, 0.2) is 0 Å². The van der Waals surface area contributed by atoms with Gasteiger partial charge in [-0.2, -0.15) is 0 Å². The van der Waals surface area contributed by atoms with Gasteiger partial charge in [-0.25, -0.2) is 0 Å². The summed E-state index contributed by atoms with van der Waals surface area (Å²) in [6.07, 6.45) is 3.38. The average Bonchev–Trinajstić information content (AvgIpc) is 1.87. The first-order valence-corrected chi connectivity index (χ1v) is 3.94. The quantitative estimate of drug-likeness (QED) is 0.584. The van der Waals surface area contributed by atoms with E-state index in [1.54, 1.807) is 0 Å². The highest BCUT2D eigenvalue weighted by atomic mass is 16.3. The molecular formula is C9H18O. The lowest BCUT2D eigenvalue weighted by molar-refractivity contribution is 0.325. The summed E-state index contributed by atoms with van der Waals surface area (Å²) in [5, 5.41) is 8.60. The number of hydrogen-bond acceptors (Lipinski definition) is 1. The lowest BCUT2D eigenvalue weighted by Crippen LogP contribution is -1.91. The lowest BCUT2D eigenvalue weighted by Gasteiger charge is -2.03. The van der Waals surface area contributed by atoms with Crippen LogP contribution in [0.2, 0.25) is 0 Å². The molecule has 0 aromatic rings. The van der Waals surface area contributed by atoms with Crippen molar-refractivity contribution in [3.63, 3.8) is 0 Å². The number of rotatable bonds is 5. The highest BCUT2D eigenvalue weighted by molar-refractivity contribution is 4.92. The fourth-order valence-corrected chi connectivity index (χ4v) is 0.839. The van der Waals surface area contributed by atoms with Crippen molar-refractivity contribution in [2.45, 2.75) is 33.1 Å². The maximum atomic E-state index is 8.60. The molecule has 0 saturated carbocycles. The normalized spacial score (nSPS) is 10.4. The van der Waals surface area contributed by atoms with E-state index in [2.05, 4.69) is 20.4 Å². The summed E-state index contributed by atoms with van der Waals surface area (Å²) in [4.78, 5) is 0. The summed E-state index contributed by atoms with van der Waals surface area (Å²) in [6.45, 7) is 8.29. The third kappa shape index (κ3) is 5.83. The first kappa shape index (κ1) is 9.70. The Hall–Kier alpha value is -0.300. The second kappa shape index (κ2) is 5.48. The van der Waals surface area contributed by atoms with E-state index in [4.69, 9.17) is 5.11 Å². The molecule has 0 radical (unpaired) electrons. The van der Waals surface area contributed by atoms with E-state index in [1.807, 2.05) is 0 Å². The number of aliphatic hydroxyl groups is 1. The largest absolute Gasteiger partial charge is 0.392 e. The lowest BCUT2D eigenvalue weighted by atomic mass is 10.0. The fourth-order valence-electron chi connectivity index (χ4n) is 0.839. The summed E-state index contributed by atoms with van der Waals surface area (Å²) < 4.78 is 0. The SMILES string of the molecule is C=C(CO)CCCC(C)C. The Kier molecular flexibility index (Phi) is 5.32. The summed E-state index contributed by atoms with van der Waals surface area (Å²) >= 11 is 0. The van der Waals surface area contributed by atoms with E-state index >= 15 is 0 Å². The van der Waals surface area contributed by atoms with Gasteiger partial charge < -0.3 is 5.11 Å². The van der Waals surface area contributed by atoms with Gasteiger partial charge in [0.25, 0.3) is 0 Å². The molecule has 1 heteroatoms. The zero-order valence-corrected chi connectivity index (χ0v) is 7.06. The molecule has 0 aromatic heterocycles. The molecule has 0 aliphatic heterocycles. The average molecular weight is 142 g/mol. The molecule has 0 spiro atoms. The van der Waals surface area contributed by atoms with Crippen LogP contribution in [0.4, 0.5) is 0 Å². The first-order valence-electron chi connectivity index (χ1n) is 3.94. The van der Waals surface area contributed by atoms with Crippen LogP contribution >= 0.6 is 0 Å². The maximum absolute atomic E-state index is 8.60. The molecule has 0 atom stereocenters. The van der Waals surface area contributed by atoms with Gasteiger partial charge in [-0.1, -0.05) is 32.4 Å². The minimum Gasteiger partial charge on any atom is -0.392 e. The summed E-state index contributed by atoms with van der Waals surface area (Å²) in [5.41, 5.74) is 0.959. The Morgan fingerprint density at radius 2 is 2.10 bits per heavy atom. The maximum Gasteiger partial charge on any atom is 0.0639 e. The van der Waals surface area contributed by atoms with Crippen LogP contribution in [0.1, 0.15) is 33.1 Å². The van der Waals surface area contributed by atoms with E-state index in [9.17, 15) is 0 Å². The molecule has 0 aromatic carbocycles. The third-order valence-corrected chi connectivity index (χ3v) is 1.54. The summed E-state index contributed by atoms with van der Waals surface area (Å²) in [6, 6.07) is 0. The minimum absolute atomic E-state index is 0.151. The third-order valence-electron chi connectivity index (χ3n) is 1.54. The molecule has 0 rings (SSSR count). The molecule has 0 bridgehead atoms. The van der Waals surface area contributed by atoms with E-state index in [0.29, 0.717) is 0 Å². The van der Waals surface area contributed by atoms with E-state index in [1.165, 1.54) is 6.42 Å². The molecule has 0 saturated heterocycles. The van der Waals surface area contributed by atoms with Crippen LogP contribution in [0.5, 0.6) is 0 Å². The van der Waals surface area contributed by atoms with Crippen molar-refractivity contribution in [2.24, 2.45) is 5.92 Å². The highest BCUT2D eigenvalue weighted by Crippen LogP contribution is 2.09. The molecule has 1 N–H and O–H groups in total. The highest BCUT2D eigenvalue weighted by Gasteiger charge is 1.95. The first-order chi connectivity index (χ1) is 4.66. The Labute approximate surface area is 63.8 Å². The van der Waals surface area contributed by atoms with Crippen molar-refractivity contribution in [1.82, 2.24) is 0 Å². The Morgan fingerprint density at radius 3 is 2.50 bits per heavy atom. The van der Waals surface area contributed by atoms with Gasteiger partial charge in [-0.15, -0.1) is 0 Å². The van der Waals surface area contributed by atoms with Gasteiger partial charge in [0, 0.05) is 0 Å². The molecule has 0 fully saturated rings. The topological polar surface area (TPSA) is 20.2 Å². The zero-order valence-electron chi connectivity index (χ0n) is 7.06. The molecule has 1 nitrogen and oxygen atoms in total. The predicted octanol–water partition coefficient (Wildman–Crippen LogP) is 2.36. The van der Waals surface area contributed by atoms with Gasteiger partial charge in [0.1, 0.15) is 0 Å². The standard InChI is InChI=1S/C9H18O/c1-8(2)5-4-6-9(3)7-10/h8,10H,3-7H2,1-2H3. The van der Waals surface area contributed by atoms with Crippen LogP contribution in [0.15, 0.2) is 12.2 Å². The van der Waals surface area contributed by atoms with E-state index in [0.717, 1.165) is 24.3 Å². The summed E-state index contributed by atoms with van der Waals surface area (Å²) in [5.74, 6) is 0.770. The van der Waals surface area contributed by atoms with Crippen LogP contribution in [0, 0.1) is 5.92 Å². The second-order valence-corrected chi connectivity index (χ2v) is 3.19. The van der Waals surface area contributed by atoms with Crippen LogP contribution in [0.25, 0.3) is 0 Å². The smallest absolute Gasteiger partial charge is 0.0639 e. The van der Waals surface area contributed by atoms with E-state index < -0.39 is 0 Å². The van der Waals surface area contributed by atoms with Crippen molar-refractivity contribution in [1.29, 1.82) is 0 Å². The van der Waals surface area contributed by atoms with Crippen LogP contribution in [-0.4, -0.2) is 11.7 Å². The molecular weight excluding hydrogens is 124 g/mol. The predicted molar refractivity (Wildman–Crippen MR) is 44.9 cm³/mol. The van der Waals surface area contributed by atoms with Gasteiger partial charge >= 0.3 is 0 Å². The molecule has 0 aliphatic carbocycles. The molecule has 0 aliphatic rings. The van der Waals surface area contributed by atoms with Crippen LogP contribution in [0.3, 0.4) is 0 Å². The minimum atomic E-state index is 0.151. The number of hydrogen-bond donors (Lipinski definition) is 1. The second-order valence-electron chi connectivity index (χ2n) is 3.19. The number of aliphatic hydroxyl groups excluding tert-OH is 1. The van der Waals surface area contributed by atoms with Crippen molar-refractivity contribution >= 4 is 0 Å². The van der Waals surface area contributed by atoms with Gasteiger partial charge in [-0.05, 0) is 18.8 Å².